The number of methoxy groups -OCH3 is 1. The summed E-state index contributed by atoms with van der Waals surface area (Å²) in [7, 11) is 1.60. The van der Waals surface area contributed by atoms with Gasteiger partial charge in [-0.3, -0.25) is 0 Å². The fourth-order valence-electron chi connectivity index (χ4n) is 0.519. The van der Waals surface area contributed by atoms with Crippen LogP contribution in [0.4, 0.5) is 0 Å². The summed E-state index contributed by atoms with van der Waals surface area (Å²) >= 11 is 5.58. The molecule has 0 aliphatic heterocycles. The molecule has 0 atom stereocenters. The first-order chi connectivity index (χ1) is 4.33. The Hall–Kier alpha value is -0.690. The monoisotopic (exact) mass is 141 g/mol. The largest absolute Gasteiger partial charge is 0.496 e. The maximum absolute atomic E-state index is 5.58. The molecule has 1 aromatic rings. The summed E-state index contributed by atoms with van der Waals surface area (Å²) in [5.74, 6) is 0.708. The second kappa shape index (κ2) is 2.74. The van der Waals surface area contributed by atoms with Crippen LogP contribution < -0.4 is 4.74 Å². The molecule has 2 heteroatoms. The first-order valence-electron chi connectivity index (χ1n) is 2.54. The van der Waals surface area contributed by atoms with Gasteiger partial charge in [0.1, 0.15) is 5.75 Å². The van der Waals surface area contributed by atoms with Gasteiger partial charge >= 0.3 is 0 Å². The van der Waals surface area contributed by atoms with Crippen LogP contribution in [0.2, 0.25) is 5.02 Å². The summed E-state index contributed by atoms with van der Waals surface area (Å²) < 4.78 is 4.85. The highest BCUT2D eigenvalue weighted by atomic mass is 35.5. The van der Waals surface area contributed by atoms with Crippen LogP contribution in [0, 0.1) is 6.07 Å². The Bertz CT molecular complexity index is 181. The highest BCUT2D eigenvalue weighted by Gasteiger charge is 1.88. The second-order valence-electron chi connectivity index (χ2n) is 1.58. The summed E-state index contributed by atoms with van der Waals surface area (Å²) in [6.45, 7) is 0. The van der Waals surface area contributed by atoms with Crippen LogP contribution in [-0.2, 0) is 0 Å². The van der Waals surface area contributed by atoms with E-state index in [1.807, 2.05) is 0 Å². The number of ether oxygens (including phenoxy) is 1. The fraction of sp³-hybridized carbons (Fsp3) is 0.143. The molecule has 0 spiro atoms. The average Bonchev–Trinajstić information content (AvgIpc) is 1.90. The van der Waals surface area contributed by atoms with Crippen LogP contribution in [0.5, 0.6) is 5.75 Å². The smallest absolute Gasteiger partial charge is 0.126 e. The Morgan fingerprint density at radius 2 is 2.33 bits per heavy atom. The minimum absolute atomic E-state index is 0.677. The van der Waals surface area contributed by atoms with E-state index in [4.69, 9.17) is 16.3 Å². The van der Waals surface area contributed by atoms with Crippen molar-refractivity contribution in [2.75, 3.05) is 7.11 Å². The molecule has 0 fully saturated rings. The molecule has 0 amide bonds. The van der Waals surface area contributed by atoms with Gasteiger partial charge in [0.25, 0.3) is 0 Å². The topological polar surface area (TPSA) is 9.23 Å². The van der Waals surface area contributed by atoms with E-state index in [-0.39, 0.29) is 0 Å². The van der Waals surface area contributed by atoms with E-state index in [0.29, 0.717) is 10.8 Å². The summed E-state index contributed by atoms with van der Waals surface area (Å²) in [6, 6.07) is 8.03. The quantitative estimate of drug-likeness (QED) is 0.582. The van der Waals surface area contributed by atoms with E-state index in [0.717, 1.165) is 0 Å². The highest BCUT2D eigenvalue weighted by molar-refractivity contribution is 6.30. The zero-order valence-corrected chi connectivity index (χ0v) is 5.77. The van der Waals surface area contributed by atoms with Crippen molar-refractivity contribution in [1.29, 1.82) is 0 Å². The molecule has 47 valence electrons. The number of hydrogen-bond acceptors (Lipinski definition) is 1. The summed E-state index contributed by atoms with van der Waals surface area (Å²) in [4.78, 5) is 0. The maximum Gasteiger partial charge on any atom is 0.126 e. The molecule has 1 radical (unpaired) electrons. The van der Waals surface area contributed by atoms with Gasteiger partial charge in [-0.15, -0.1) is 0 Å². The lowest BCUT2D eigenvalue weighted by atomic mass is 10.3. The Labute approximate surface area is 59.2 Å². The molecular formula is C7H6ClO. The molecule has 1 rings (SSSR count). The third-order valence-corrected chi connectivity index (χ3v) is 1.20. The van der Waals surface area contributed by atoms with Crippen molar-refractivity contribution in [3.8, 4) is 5.75 Å². The van der Waals surface area contributed by atoms with E-state index in [9.17, 15) is 0 Å². The molecule has 0 bridgehead atoms. The number of rotatable bonds is 1. The standard InChI is InChI=1S/C7H6ClO/c1-9-7-4-2-6(8)3-5-7/h2-4H,1H3. The fourth-order valence-corrected chi connectivity index (χ4v) is 0.636. The van der Waals surface area contributed by atoms with E-state index >= 15 is 0 Å². The Kier molecular flexibility index (Phi) is 1.96. The van der Waals surface area contributed by atoms with Crippen molar-refractivity contribution in [2.45, 2.75) is 0 Å². The van der Waals surface area contributed by atoms with Crippen molar-refractivity contribution < 1.29 is 4.74 Å². The normalized spacial score (nSPS) is 9.11. The second-order valence-corrected chi connectivity index (χ2v) is 2.01. The molecule has 0 saturated heterocycles. The molecule has 0 aliphatic carbocycles. The Morgan fingerprint density at radius 3 is 2.78 bits per heavy atom. The molecule has 9 heavy (non-hydrogen) atoms. The van der Waals surface area contributed by atoms with Gasteiger partial charge in [0.15, 0.2) is 0 Å². The van der Waals surface area contributed by atoms with Crippen LogP contribution in [0.15, 0.2) is 18.2 Å². The lowest BCUT2D eigenvalue weighted by molar-refractivity contribution is 0.414. The summed E-state index contributed by atoms with van der Waals surface area (Å²) in [5.41, 5.74) is 0. The average molecular weight is 142 g/mol. The molecule has 0 aliphatic rings. The molecule has 1 aromatic carbocycles. The van der Waals surface area contributed by atoms with Gasteiger partial charge < -0.3 is 4.74 Å². The van der Waals surface area contributed by atoms with E-state index in [1.165, 1.54) is 0 Å². The van der Waals surface area contributed by atoms with Crippen LogP contribution in [0.1, 0.15) is 0 Å². The molecule has 1 nitrogen and oxygen atoms in total. The SMILES string of the molecule is COc1[c]cc(Cl)cc1. The lowest BCUT2D eigenvalue weighted by Crippen LogP contribution is -1.79. The minimum atomic E-state index is 0.677. The number of benzene rings is 1. The summed E-state index contributed by atoms with van der Waals surface area (Å²) in [6.07, 6.45) is 0. The molecule has 0 aromatic heterocycles. The molecule has 0 unspecified atom stereocenters. The predicted molar refractivity (Wildman–Crippen MR) is 36.8 cm³/mol. The minimum Gasteiger partial charge on any atom is -0.496 e. The first-order valence-corrected chi connectivity index (χ1v) is 2.92. The van der Waals surface area contributed by atoms with Crippen LogP contribution >= 0.6 is 11.6 Å². The van der Waals surface area contributed by atoms with Crippen molar-refractivity contribution >= 4 is 11.6 Å². The third kappa shape index (κ3) is 1.61. The van der Waals surface area contributed by atoms with Gasteiger partial charge in [-0.2, -0.15) is 0 Å². The van der Waals surface area contributed by atoms with Gasteiger partial charge in [-0.05, 0) is 18.2 Å². The van der Waals surface area contributed by atoms with Crippen LogP contribution in [0.25, 0.3) is 0 Å². The van der Waals surface area contributed by atoms with Crippen molar-refractivity contribution in [3.63, 3.8) is 0 Å². The summed E-state index contributed by atoms with van der Waals surface area (Å²) in [5, 5.41) is 0.677. The molecular weight excluding hydrogens is 136 g/mol. The third-order valence-electron chi connectivity index (χ3n) is 0.966. The molecule has 0 saturated carbocycles. The predicted octanol–water partition coefficient (Wildman–Crippen LogP) is 2.15. The molecule has 0 N–H and O–H groups in total. The Balaban J connectivity index is 2.88. The van der Waals surface area contributed by atoms with E-state index < -0.39 is 0 Å². The van der Waals surface area contributed by atoms with Crippen molar-refractivity contribution in [2.24, 2.45) is 0 Å². The zero-order valence-electron chi connectivity index (χ0n) is 5.02. The first kappa shape index (κ1) is 6.43. The van der Waals surface area contributed by atoms with Crippen LogP contribution in [0.3, 0.4) is 0 Å². The highest BCUT2D eigenvalue weighted by Crippen LogP contribution is 2.13. The lowest BCUT2D eigenvalue weighted by Gasteiger charge is -1.95. The van der Waals surface area contributed by atoms with Gasteiger partial charge in [-0.1, -0.05) is 11.6 Å². The maximum atomic E-state index is 5.58. The van der Waals surface area contributed by atoms with Gasteiger partial charge in [-0.25, -0.2) is 0 Å². The van der Waals surface area contributed by atoms with Gasteiger partial charge in [0.2, 0.25) is 0 Å². The van der Waals surface area contributed by atoms with Crippen LogP contribution in [-0.4, -0.2) is 7.11 Å². The number of hydrogen-bond donors (Lipinski definition) is 0. The Morgan fingerprint density at radius 1 is 1.56 bits per heavy atom. The van der Waals surface area contributed by atoms with Gasteiger partial charge in [0.05, 0.1) is 7.11 Å². The van der Waals surface area contributed by atoms with E-state index in [2.05, 4.69) is 6.07 Å². The van der Waals surface area contributed by atoms with Crippen molar-refractivity contribution in [3.05, 3.63) is 29.3 Å². The van der Waals surface area contributed by atoms with E-state index in [1.54, 1.807) is 25.3 Å². The number of halogens is 1. The van der Waals surface area contributed by atoms with Crippen molar-refractivity contribution in [1.82, 2.24) is 0 Å². The van der Waals surface area contributed by atoms with Gasteiger partial charge in [0, 0.05) is 11.1 Å². The molecule has 0 heterocycles. The zero-order chi connectivity index (χ0) is 6.69.